The molecule has 1 fully saturated rings. The van der Waals surface area contributed by atoms with E-state index in [2.05, 4.69) is 5.10 Å². The number of hydrogen-bond donors (Lipinski definition) is 0. The lowest BCUT2D eigenvalue weighted by Crippen LogP contribution is -2.32. The van der Waals surface area contributed by atoms with Gasteiger partial charge in [0.25, 0.3) is 5.69 Å². The van der Waals surface area contributed by atoms with Crippen molar-refractivity contribution in [1.82, 2.24) is 9.78 Å². The molecule has 0 amide bonds. The predicted octanol–water partition coefficient (Wildman–Crippen LogP) is 2.71. The van der Waals surface area contributed by atoms with Crippen LogP contribution in [0.2, 0.25) is 0 Å². The molecular weight excluding hydrogens is 315 g/mol. The molecule has 0 bridgehead atoms. The summed E-state index contributed by atoms with van der Waals surface area (Å²) in [6.45, 7) is 0.625. The predicted molar refractivity (Wildman–Crippen MR) is 85.6 cm³/mol. The molecular formula is C16H17FN4O3. The summed E-state index contributed by atoms with van der Waals surface area (Å²) in [4.78, 5) is 24.3. The Balaban J connectivity index is 1.78. The average molecular weight is 332 g/mol. The van der Waals surface area contributed by atoms with Crippen molar-refractivity contribution in [3.05, 3.63) is 52.1 Å². The lowest BCUT2D eigenvalue weighted by atomic mass is 10.0. The van der Waals surface area contributed by atoms with Crippen molar-refractivity contribution in [3.63, 3.8) is 0 Å². The third-order valence-electron chi connectivity index (χ3n) is 4.28. The second-order valence-electron chi connectivity index (χ2n) is 5.91. The maximum absolute atomic E-state index is 14.3. The van der Waals surface area contributed by atoms with Crippen LogP contribution < -0.4 is 4.90 Å². The van der Waals surface area contributed by atoms with E-state index >= 15 is 0 Å². The van der Waals surface area contributed by atoms with Gasteiger partial charge in [-0.1, -0.05) is 0 Å². The van der Waals surface area contributed by atoms with Crippen molar-refractivity contribution in [3.8, 4) is 0 Å². The maximum atomic E-state index is 14.3. The zero-order chi connectivity index (χ0) is 17.3. The Kier molecular flexibility index (Phi) is 4.28. The molecule has 1 unspecified atom stereocenters. The average Bonchev–Trinajstić information content (AvgIpc) is 3.16. The van der Waals surface area contributed by atoms with Gasteiger partial charge in [-0.2, -0.15) is 5.10 Å². The van der Waals surface area contributed by atoms with Crippen molar-refractivity contribution in [2.24, 2.45) is 7.05 Å². The molecule has 1 aromatic heterocycles. The van der Waals surface area contributed by atoms with E-state index in [1.807, 2.05) is 4.90 Å². The Morgan fingerprint density at radius 2 is 2.29 bits per heavy atom. The highest BCUT2D eigenvalue weighted by Gasteiger charge is 2.29. The number of carbonyl (C=O) groups is 1. The number of carbonyl (C=O) groups excluding carboxylic acids is 1. The van der Waals surface area contributed by atoms with Gasteiger partial charge in [0.1, 0.15) is 0 Å². The Morgan fingerprint density at radius 1 is 1.50 bits per heavy atom. The molecule has 1 saturated heterocycles. The SMILES string of the molecule is Cn1cc(C(=O)CC2CCCN2c2ccc([N+](=O)[O-])cc2F)cn1. The van der Waals surface area contributed by atoms with E-state index in [0.717, 1.165) is 18.9 Å². The first-order valence-electron chi connectivity index (χ1n) is 7.68. The van der Waals surface area contributed by atoms with Gasteiger partial charge in [-0.25, -0.2) is 4.39 Å². The first-order chi connectivity index (χ1) is 11.5. The van der Waals surface area contributed by atoms with Crippen molar-refractivity contribution < 1.29 is 14.1 Å². The molecule has 1 aliphatic rings. The molecule has 0 N–H and O–H groups in total. The summed E-state index contributed by atoms with van der Waals surface area (Å²) in [5, 5.41) is 14.7. The second kappa shape index (κ2) is 6.38. The largest absolute Gasteiger partial charge is 0.366 e. The quantitative estimate of drug-likeness (QED) is 0.478. The van der Waals surface area contributed by atoms with Crippen LogP contribution in [0.4, 0.5) is 15.8 Å². The molecule has 7 nitrogen and oxygen atoms in total. The van der Waals surface area contributed by atoms with E-state index < -0.39 is 10.7 Å². The molecule has 0 saturated carbocycles. The number of benzene rings is 1. The fourth-order valence-electron chi connectivity index (χ4n) is 3.10. The Bertz CT molecular complexity index is 789. The first kappa shape index (κ1) is 16.1. The van der Waals surface area contributed by atoms with Crippen molar-refractivity contribution in [1.29, 1.82) is 0 Å². The van der Waals surface area contributed by atoms with Crippen molar-refractivity contribution in [2.75, 3.05) is 11.4 Å². The highest BCUT2D eigenvalue weighted by atomic mass is 19.1. The number of halogens is 1. The lowest BCUT2D eigenvalue weighted by molar-refractivity contribution is -0.385. The van der Waals surface area contributed by atoms with E-state index in [1.165, 1.54) is 18.3 Å². The van der Waals surface area contributed by atoms with Crippen LogP contribution in [0.5, 0.6) is 0 Å². The summed E-state index contributed by atoms with van der Waals surface area (Å²) in [6.07, 6.45) is 5.08. The number of nitro benzene ring substituents is 1. The monoisotopic (exact) mass is 332 g/mol. The van der Waals surface area contributed by atoms with Gasteiger partial charge in [-0.3, -0.25) is 19.6 Å². The molecule has 1 aliphatic heterocycles. The number of aromatic nitrogens is 2. The summed E-state index contributed by atoms with van der Waals surface area (Å²) < 4.78 is 15.8. The molecule has 0 radical (unpaired) electrons. The van der Waals surface area contributed by atoms with Gasteiger partial charge in [0.2, 0.25) is 0 Å². The maximum Gasteiger partial charge on any atom is 0.272 e. The minimum Gasteiger partial charge on any atom is -0.366 e. The minimum atomic E-state index is -0.634. The highest BCUT2D eigenvalue weighted by molar-refractivity contribution is 5.96. The van der Waals surface area contributed by atoms with E-state index in [9.17, 15) is 19.3 Å². The van der Waals surface area contributed by atoms with E-state index in [4.69, 9.17) is 0 Å². The topological polar surface area (TPSA) is 81.3 Å². The van der Waals surface area contributed by atoms with Crippen molar-refractivity contribution >= 4 is 17.2 Å². The second-order valence-corrected chi connectivity index (χ2v) is 5.91. The molecule has 1 aromatic carbocycles. The minimum absolute atomic E-state index is 0.0395. The summed E-state index contributed by atoms with van der Waals surface area (Å²) in [5.74, 6) is -0.674. The number of anilines is 1. The van der Waals surface area contributed by atoms with Crippen LogP contribution in [0.1, 0.15) is 29.6 Å². The molecule has 1 atom stereocenters. The fourth-order valence-corrected chi connectivity index (χ4v) is 3.10. The van der Waals surface area contributed by atoms with Crippen LogP contribution in [-0.4, -0.2) is 33.1 Å². The smallest absolute Gasteiger partial charge is 0.272 e. The number of hydrogen-bond acceptors (Lipinski definition) is 5. The zero-order valence-electron chi connectivity index (χ0n) is 13.2. The Labute approximate surface area is 137 Å². The number of rotatable bonds is 5. The summed E-state index contributed by atoms with van der Waals surface area (Å²) in [5.41, 5.74) is 0.564. The van der Waals surface area contributed by atoms with Gasteiger partial charge in [-0.15, -0.1) is 0 Å². The van der Waals surface area contributed by atoms with Gasteiger partial charge in [0, 0.05) is 38.3 Å². The van der Waals surface area contributed by atoms with E-state index in [0.29, 0.717) is 17.8 Å². The third kappa shape index (κ3) is 3.12. The first-order valence-corrected chi connectivity index (χ1v) is 7.68. The molecule has 2 aromatic rings. The third-order valence-corrected chi connectivity index (χ3v) is 4.28. The van der Waals surface area contributed by atoms with Gasteiger partial charge >= 0.3 is 0 Å². The molecule has 24 heavy (non-hydrogen) atoms. The van der Waals surface area contributed by atoms with Gasteiger partial charge in [-0.05, 0) is 18.9 Å². The Hall–Kier alpha value is -2.77. The number of nitro groups is 1. The standard InChI is InChI=1S/C16H17FN4O3/c1-19-10-11(9-18-19)16(22)8-12-3-2-6-20(12)15-5-4-13(21(23)24)7-14(15)17/h4-5,7,9-10,12H,2-3,6,8H2,1H3. The van der Waals surface area contributed by atoms with Crippen LogP contribution in [0.15, 0.2) is 30.6 Å². The zero-order valence-corrected chi connectivity index (χ0v) is 13.2. The number of nitrogens with zero attached hydrogens (tertiary/aromatic N) is 4. The summed E-state index contributed by atoms with van der Waals surface area (Å²) in [7, 11) is 1.74. The van der Waals surface area contributed by atoms with Crippen molar-refractivity contribution in [2.45, 2.75) is 25.3 Å². The van der Waals surface area contributed by atoms with Crippen LogP contribution in [0.25, 0.3) is 0 Å². The fraction of sp³-hybridized carbons (Fsp3) is 0.375. The normalized spacial score (nSPS) is 17.2. The van der Waals surface area contributed by atoms with Gasteiger partial charge in [0.05, 0.1) is 28.4 Å². The number of non-ortho nitro benzene ring substituents is 1. The molecule has 0 aliphatic carbocycles. The molecule has 2 heterocycles. The van der Waals surface area contributed by atoms with Gasteiger partial charge < -0.3 is 4.90 Å². The molecule has 126 valence electrons. The van der Waals surface area contributed by atoms with Crippen LogP contribution in [0, 0.1) is 15.9 Å². The van der Waals surface area contributed by atoms with Crippen LogP contribution in [0.3, 0.4) is 0 Å². The number of Topliss-reactive ketones (excluding diaryl/α,β-unsaturated/α-hetero) is 1. The van der Waals surface area contributed by atoms with Crippen LogP contribution in [-0.2, 0) is 7.05 Å². The Morgan fingerprint density at radius 3 is 2.92 bits per heavy atom. The number of ketones is 1. The molecule has 3 rings (SSSR count). The lowest BCUT2D eigenvalue weighted by Gasteiger charge is -2.26. The van der Waals surface area contributed by atoms with Gasteiger partial charge in [0.15, 0.2) is 11.6 Å². The molecule has 8 heteroatoms. The highest BCUT2D eigenvalue weighted by Crippen LogP contribution is 2.32. The van der Waals surface area contributed by atoms with Crippen LogP contribution >= 0.6 is 0 Å². The number of aryl methyl sites for hydroxylation is 1. The van der Waals surface area contributed by atoms with E-state index in [-0.39, 0.29) is 23.9 Å². The molecule has 0 spiro atoms. The van der Waals surface area contributed by atoms with E-state index in [1.54, 1.807) is 17.9 Å². The summed E-state index contributed by atoms with van der Waals surface area (Å²) >= 11 is 0. The summed E-state index contributed by atoms with van der Waals surface area (Å²) in [6, 6.07) is 3.51.